The van der Waals surface area contributed by atoms with E-state index in [0.717, 1.165) is 20.9 Å². The van der Waals surface area contributed by atoms with Gasteiger partial charge in [-0.05, 0) is 11.1 Å². The van der Waals surface area contributed by atoms with Crippen LogP contribution in [0.5, 0.6) is 0 Å². The number of urea groups is 1. The van der Waals surface area contributed by atoms with Gasteiger partial charge in [0.05, 0.1) is 13.2 Å². The van der Waals surface area contributed by atoms with E-state index in [1.54, 1.807) is 24.3 Å². The number of carbonyl (C=O) groups excluding carboxylic acids is 3. The molecule has 1 aliphatic rings. The second-order valence-electron chi connectivity index (χ2n) is 4.01. The van der Waals surface area contributed by atoms with Gasteiger partial charge in [-0.25, -0.2) is 4.79 Å². The van der Waals surface area contributed by atoms with Crippen molar-refractivity contribution in [3.8, 4) is 0 Å². The molecule has 1 fully saturated rings. The van der Waals surface area contributed by atoms with Gasteiger partial charge in [0.1, 0.15) is 0 Å². The molecule has 0 atom stereocenters. The smallest absolute Gasteiger partial charge is 0.334 e. The second-order valence-corrected chi connectivity index (χ2v) is 4.01. The highest BCUT2D eigenvalue weighted by atomic mass is 16.3. The summed E-state index contributed by atoms with van der Waals surface area (Å²) in [6, 6.07) is 6.19. The Hall–Kier alpha value is -2.21. The largest absolute Gasteiger partial charge is 0.392 e. The quantitative estimate of drug-likeness (QED) is 0.608. The van der Waals surface area contributed by atoms with Gasteiger partial charge in [0, 0.05) is 7.05 Å². The fraction of sp³-hybridized carbons (Fsp3) is 0.250. The highest BCUT2D eigenvalue weighted by Crippen LogP contribution is 2.14. The van der Waals surface area contributed by atoms with Crippen molar-refractivity contribution >= 4 is 17.8 Å². The summed E-state index contributed by atoms with van der Waals surface area (Å²) in [7, 11) is 1.28. The Morgan fingerprint density at radius 1 is 1.00 bits per heavy atom. The van der Waals surface area contributed by atoms with E-state index >= 15 is 0 Å². The van der Waals surface area contributed by atoms with E-state index in [2.05, 4.69) is 0 Å². The molecule has 0 bridgehead atoms. The number of carbonyl (C=O) groups is 3. The molecule has 0 unspecified atom stereocenters. The molecule has 1 heterocycles. The number of hydrogen-bond acceptors (Lipinski definition) is 4. The van der Waals surface area contributed by atoms with Crippen LogP contribution >= 0.6 is 0 Å². The highest BCUT2D eigenvalue weighted by molar-refractivity contribution is 6.44. The predicted octanol–water partition coefficient (Wildman–Crippen LogP) is 0.0995. The molecular weight excluding hydrogens is 236 g/mol. The summed E-state index contributed by atoms with van der Waals surface area (Å²) in [5.41, 5.74) is 1.46. The highest BCUT2D eigenvalue weighted by Gasteiger charge is 2.41. The Kier molecular flexibility index (Phi) is 3.12. The Balaban J connectivity index is 2.16. The van der Waals surface area contributed by atoms with Crippen LogP contribution < -0.4 is 0 Å². The van der Waals surface area contributed by atoms with Crippen molar-refractivity contribution in [3.63, 3.8) is 0 Å². The summed E-state index contributed by atoms with van der Waals surface area (Å²) in [4.78, 5) is 36.1. The molecule has 6 heteroatoms. The first-order valence-electron chi connectivity index (χ1n) is 5.36. The Morgan fingerprint density at radius 2 is 1.56 bits per heavy atom. The zero-order valence-electron chi connectivity index (χ0n) is 9.79. The first kappa shape index (κ1) is 12.3. The average Bonchev–Trinajstić information content (AvgIpc) is 2.57. The van der Waals surface area contributed by atoms with Crippen LogP contribution in [0.4, 0.5) is 4.79 Å². The second kappa shape index (κ2) is 4.58. The molecule has 0 aromatic heterocycles. The van der Waals surface area contributed by atoms with E-state index in [4.69, 9.17) is 5.11 Å². The van der Waals surface area contributed by atoms with Gasteiger partial charge in [0.2, 0.25) is 0 Å². The Labute approximate surface area is 103 Å². The number of hydrogen-bond donors (Lipinski definition) is 1. The molecule has 1 aromatic carbocycles. The predicted molar refractivity (Wildman–Crippen MR) is 61.1 cm³/mol. The van der Waals surface area contributed by atoms with Gasteiger partial charge >= 0.3 is 17.8 Å². The van der Waals surface area contributed by atoms with E-state index in [9.17, 15) is 14.4 Å². The summed E-state index contributed by atoms with van der Waals surface area (Å²) in [6.07, 6.45) is 0. The third-order valence-electron chi connectivity index (χ3n) is 2.80. The minimum Gasteiger partial charge on any atom is -0.392 e. The molecular formula is C12H12N2O4. The van der Waals surface area contributed by atoms with Crippen LogP contribution in [-0.4, -0.2) is 39.8 Å². The zero-order valence-corrected chi connectivity index (χ0v) is 9.79. The Bertz CT molecular complexity index is 509. The van der Waals surface area contributed by atoms with Gasteiger partial charge in [0.15, 0.2) is 0 Å². The maximum absolute atomic E-state index is 11.6. The van der Waals surface area contributed by atoms with Crippen molar-refractivity contribution in [3.05, 3.63) is 35.4 Å². The first-order chi connectivity index (χ1) is 8.54. The van der Waals surface area contributed by atoms with E-state index in [1.165, 1.54) is 7.05 Å². The van der Waals surface area contributed by atoms with E-state index in [-0.39, 0.29) is 13.2 Å². The SMILES string of the molecule is CN1C(=O)C(=O)N(Cc2ccc(CO)cc2)C1=O. The topological polar surface area (TPSA) is 77.9 Å². The Morgan fingerprint density at radius 3 is 2.00 bits per heavy atom. The molecule has 4 amide bonds. The molecule has 0 saturated carbocycles. The lowest BCUT2D eigenvalue weighted by atomic mass is 10.1. The van der Waals surface area contributed by atoms with Crippen LogP contribution in [0.25, 0.3) is 0 Å². The van der Waals surface area contributed by atoms with Gasteiger partial charge in [-0.3, -0.25) is 19.4 Å². The maximum Gasteiger partial charge on any atom is 0.334 e. The van der Waals surface area contributed by atoms with Gasteiger partial charge in [-0.1, -0.05) is 24.3 Å². The zero-order chi connectivity index (χ0) is 13.3. The molecule has 0 aliphatic carbocycles. The fourth-order valence-corrected chi connectivity index (χ4v) is 1.69. The summed E-state index contributed by atoms with van der Waals surface area (Å²) >= 11 is 0. The number of rotatable bonds is 3. The number of nitrogens with zero attached hydrogens (tertiary/aromatic N) is 2. The van der Waals surface area contributed by atoms with Crippen molar-refractivity contribution in [2.75, 3.05) is 7.05 Å². The van der Waals surface area contributed by atoms with Crippen molar-refractivity contribution in [2.45, 2.75) is 13.2 Å². The number of benzene rings is 1. The number of aliphatic hydroxyl groups excluding tert-OH is 1. The lowest BCUT2D eigenvalue weighted by Gasteiger charge is -2.12. The van der Waals surface area contributed by atoms with Crippen LogP contribution in [-0.2, 0) is 22.7 Å². The number of likely N-dealkylation sites (N-methyl/N-ethyl adjacent to an activating group) is 1. The van der Waals surface area contributed by atoms with Crippen LogP contribution in [0, 0.1) is 0 Å². The molecule has 18 heavy (non-hydrogen) atoms. The van der Waals surface area contributed by atoms with Crippen LogP contribution in [0.2, 0.25) is 0 Å². The molecule has 1 saturated heterocycles. The maximum atomic E-state index is 11.6. The van der Waals surface area contributed by atoms with E-state index in [0.29, 0.717) is 0 Å². The molecule has 6 nitrogen and oxygen atoms in total. The summed E-state index contributed by atoms with van der Waals surface area (Å²) in [6.45, 7) is -0.0114. The molecule has 1 N–H and O–H groups in total. The van der Waals surface area contributed by atoms with Crippen molar-refractivity contribution in [1.29, 1.82) is 0 Å². The van der Waals surface area contributed by atoms with Crippen molar-refractivity contribution in [2.24, 2.45) is 0 Å². The standard InChI is InChI=1S/C12H12N2O4/c1-13-10(16)11(17)14(12(13)18)6-8-2-4-9(7-15)5-3-8/h2-5,15H,6-7H2,1H3. The lowest BCUT2D eigenvalue weighted by Crippen LogP contribution is -2.31. The van der Waals surface area contributed by atoms with Gasteiger partial charge in [-0.15, -0.1) is 0 Å². The minimum atomic E-state index is -0.813. The summed E-state index contributed by atoms with van der Waals surface area (Å²) < 4.78 is 0. The lowest BCUT2D eigenvalue weighted by molar-refractivity contribution is -0.143. The minimum absolute atomic E-state index is 0.0550. The van der Waals surface area contributed by atoms with E-state index in [1.807, 2.05) is 0 Å². The number of amides is 4. The van der Waals surface area contributed by atoms with Gasteiger partial charge < -0.3 is 5.11 Å². The fourth-order valence-electron chi connectivity index (χ4n) is 1.69. The average molecular weight is 248 g/mol. The normalized spacial score (nSPS) is 15.8. The van der Waals surface area contributed by atoms with Crippen LogP contribution in [0.15, 0.2) is 24.3 Å². The summed E-state index contributed by atoms with van der Waals surface area (Å²) in [5.74, 6) is -1.62. The first-order valence-corrected chi connectivity index (χ1v) is 5.36. The number of imide groups is 2. The van der Waals surface area contributed by atoms with Crippen molar-refractivity contribution < 1.29 is 19.5 Å². The van der Waals surface area contributed by atoms with Crippen LogP contribution in [0.1, 0.15) is 11.1 Å². The molecule has 1 aromatic rings. The molecule has 0 spiro atoms. The molecule has 1 aliphatic heterocycles. The molecule has 2 rings (SSSR count). The van der Waals surface area contributed by atoms with Crippen LogP contribution in [0.3, 0.4) is 0 Å². The number of aliphatic hydroxyl groups is 1. The monoisotopic (exact) mass is 248 g/mol. The third kappa shape index (κ3) is 1.98. The summed E-state index contributed by atoms with van der Waals surface area (Å²) in [5, 5.41) is 8.90. The van der Waals surface area contributed by atoms with E-state index < -0.39 is 17.8 Å². The third-order valence-corrected chi connectivity index (χ3v) is 2.80. The van der Waals surface area contributed by atoms with Gasteiger partial charge in [-0.2, -0.15) is 0 Å². The van der Waals surface area contributed by atoms with Crippen molar-refractivity contribution in [1.82, 2.24) is 9.80 Å². The molecule has 0 radical (unpaired) electrons. The van der Waals surface area contributed by atoms with Gasteiger partial charge in [0.25, 0.3) is 0 Å². The molecule has 94 valence electrons.